The van der Waals surface area contributed by atoms with Crippen molar-refractivity contribution >= 4 is 11.9 Å². The predicted octanol–water partition coefficient (Wildman–Crippen LogP) is 2.89. The van der Waals surface area contributed by atoms with Crippen LogP contribution in [-0.2, 0) is 6.54 Å². The molecule has 22 heavy (non-hydrogen) atoms. The van der Waals surface area contributed by atoms with Crippen LogP contribution >= 0.6 is 0 Å². The summed E-state index contributed by atoms with van der Waals surface area (Å²) in [6.07, 6.45) is -1.75. The molecule has 0 aliphatic carbocycles. The number of hydrogen-bond acceptors (Lipinski definition) is 4. The monoisotopic (exact) mass is 309 g/mol. The van der Waals surface area contributed by atoms with Crippen LogP contribution in [0.4, 0.5) is 14.7 Å². The highest BCUT2D eigenvalue weighted by atomic mass is 19.3. The molecule has 6 nitrogen and oxygen atoms in total. The van der Waals surface area contributed by atoms with Gasteiger partial charge in [0, 0.05) is 17.7 Å². The van der Waals surface area contributed by atoms with Gasteiger partial charge in [0.2, 0.25) is 5.95 Å². The van der Waals surface area contributed by atoms with Crippen molar-refractivity contribution in [3.05, 3.63) is 34.4 Å². The molecule has 1 aromatic carbocycles. The number of rotatable bonds is 5. The van der Waals surface area contributed by atoms with Gasteiger partial charge in [-0.25, -0.2) is 13.5 Å². The molecule has 0 fully saturated rings. The van der Waals surface area contributed by atoms with Crippen LogP contribution in [0.1, 0.15) is 46.8 Å². The summed E-state index contributed by atoms with van der Waals surface area (Å²) in [4.78, 5) is 12.3. The number of carbonyl (C=O) groups is 1. The molecule has 0 radical (unpaired) electrons. The zero-order valence-electron chi connectivity index (χ0n) is 12.6. The summed E-state index contributed by atoms with van der Waals surface area (Å²) in [5.74, 6) is -0.185. The summed E-state index contributed by atoms with van der Waals surface area (Å²) in [5.41, 5.74) is 1.19. The largest absolute Gasteiger partial charge is 0.289 e. The fraction of sp³-hybridized carbons (Fsp3) is 0.429. The number of alkyl halides is 2. The van der Waals surface area contributed by atoms with Crippen molar-refractivity contribution in [2.75, 3.05) is 5.32 Å². The number of amides is 1. The van der Waals surface area contributed by atoms with Crippen molar-refractivity contribution in [1.82, 2.24) is 20.2 Å². The highest BCUT2D eigenvalue weighted by molar-refractivity contribution is 6.04. The van der Waals surface area contributed by atoms with Gasteiger partial charge in [-0.2, -0.15) is 0 Å². The lowest BCUT2D eigenvalue weighted by molar-refractivity contribution is 0.102. The van der Waals surface area contributed by atoms with E-state index in [0.29, 0.717) is 23.2 Å². The Bertz CT molecular complexity index is 684. The van der Waals surface area contributed by atoms with Crippen LogP contribution < -0.4 is 5.32 Å². The Morgan fingerprint density at radius 2 is 2.05 bits per heavy atom. The Hall–Kier alpha value is -2.38. The van der Waals surface area contributed by atoms with Crippen LogP contribution in [0, 0.1) is 13.8 Å². The molecule has 0 unspecified atom stereocenters. The molecule has 2 aromatic rings. The highest BCUT2D eigenvalue weighted by Gasteiger charge is 2.18. The Kier molecular flexibility index (Phi) is 4.79. The molecular weight excluding hydrogens is 292 g/mol. The summed E-state index contributed by atoms with van der Waals surface area (Å²) in [6, 6.07) is 2.67. The molecule has 0 aliphatic rings. The first-order chi connectivity index (χ1) is 10.5. The number of nitrogens with zero attached hydrogens (tertiary/aromatic N) is 4. The van der Waals surface area contributed by atoms with E-state index in [1.54, 1.807) is 13.8 Å². The van der Waals surface area contributed by atoms with E-state index in [0.717, 1.165) is 6.42 Å². The van der Waals surface area contributed by atoms with Crippen LogP contribution in [0.25, 0.3) is 0 Å². The molecule has 0 atom stereocenters. The van der Waals surface area contributed by atoms with Crippen LogP contribution in [0.5, 0.6) is 0 Å². The van der Waals surface area contributed by atoms with Crippen molar-refractivity contribution in [2.45, 2.75) is 40.2 Å². The van der Waals surface area contributed by atoms with E-state index in [9.17, 15) is 13.6 Å². The topological polar surface area (TPSA) is 72.7 Å². The minimum atomic E-state index is -2.56. The second-order valence-corrected chi connectivity index (χ2v) is 4.93. The van der Waals surface area contributed by atoms with Gasteiger partial charge in [0.25, 0.3) is 12.3 Å². The summed E-state index contributed by atoms with van der Waals surface area (Å²) in [7, 11) is 0. The first-order valence-corrected chi connectivity index (χ1v) is 6.91. The van der Waals surface area contributed by atoms with Crippen molar-refractivity contribution < 1.29 is 13.6 Å². The summed E-state index contributed by atoms with van der Waals surface area (Å²) in [5, 5.41) is 13.6. The number of benzene rings is 1. The zero-order chi connectivity index (χ0) is 16.3. The van der Waals surface area contributed by atoms with Gasteiger partial charge >= 0.3 is 0 Å². The van der Waals surface area contributed by atoms with Gasteiger partial charge in [-0.05, 0) is 47.9 Å². The second kappa shape index (κ2) is 6.59. The minimum Gasteiger partial charge on any atom is -0.289 e. The highest BCUT2D eigenvalue weighted by Crippen LogP contribution is 2.26. The molecule has 1 heterocycles. The molecule has 1 amide bonds. The van der Waals surface area contributed by atoms with Crippen LogP contribution in [-0.4, -0.2) is 26.1 Å². The Balaban J connectivity index is 2.27. The first kappa shape index (κ1) is 16.0. The first-order valence-electron chi connectivity index (χ1n) is 6.91. The normalized spacial score (nSPS) is 11.0. The lowest BCUT2D eigenvalue weighted by Gasteiger charge is -2.12. The summed E-state index contributed by atoms with van der Waals surface area (Å²) < 4.78 is 27.2. The predicted molar refractivity (Wildman–Crippen MR) is 76.9 cm³/mol. The fourth-order valence-corrected chi connectivity index (χ4v) is 2.15. The van der Waals surface area contributed by atoms with Crippen molar-refractivity contribution in [2.24, 2.45) is 0 Å². The van der Waals surface area contributed by atoms with Crippen molar-refractivity contribution in [3.63, 3.8) is 0 Å². The third kappa shape index (κ3) is 3.10. The number of nitrogens with one attached hydrogen (secondary N) is 1. The fourth-order valence-electron chi connectivity index (χ4n) is 2.15. The average molecular weight is 309 g/mol. The average Bonchev–Trinajstić information content (AvgIpc) is 2.89. The van der Waals surface area contributed by atoms with Crippen LogP contribution in [0.15, 0.2) is 12.1 Å². The molecule has 1 N–H and O–H groups in total. The van der Waals surface area contributed by atoms with E-state index in [4.69, 9.17) is 0 Å². The van der Waals surface area contributed by atoms with Gasteiger partial charge in [-0.3, -0.25) is 10.1 Å². The zero-order valence-corrected chi connectivity index (χ0v) is 12.6. The van der Waals surface area contributed by atoms with Crippen LogP contribution in [0.2, 0.25) is 0 Å². The quantitative estimate of drug-likeness (QED) is 0.921. The van der Waals surface area contributed by atoms with Gasteiger partial charge in [0.1, 0.15) is 0 Å². The number of aryl methyl sites for hydroxylation is 1. The number of anilines is 1. The van der Waals surface area contributed by atoms with E-state index in [2.05, 4.69) is 20.8 Å². The molecular formula is C14H17F2N5O. The Morgan fingerprint density at radius 3 is 2.68 bits per heavy atom. The maximum atomic E-state index is 12.9. The van der Waals surface area contributed by atoms with E-state index < -0.39 is 12.3 Å². The Labute approximate surface area is 126 Å². The van der Waals surface area contributed by atoms with Gasteiger partial charge in [0.05, 0.1) is 0 Å². The Morgan fingerprint density at radius 1 is 1.32 bits per heavy atom. The van der Waals surface area contributed by atoms with E-state index in [-0.39, 0.29) is 11.5 Å². The molecule has 118 valence electrons. The molecule has 8 heteroatoms. The van der Waals surface area contributed by atoms with E-state index in [1.165, 1.54) is 16.8 Å². The molecule has 2 rings (SSSR count). The van der Waals surface area contributed by atoms with Gasteiger partial charge in [0.15, 0.2) is 0 Å². The minimum absolute atomic E-state index is 0.0649. The lowest BCUT2D eigenvalue weighted by Crippen LogP contribution is -2.18. The SMILES string of the molecule is CCCn1nnnc1NC(=O)c1ccc(C(F)F)c(C)c1C. The number of aromatic nitrogens is 4. The standard InChI is InChI=1S/C14H17F2N5O/c1-4-7-21-14(18-19-20-21)17-13(22)11-6-5-10(12(15)16)8(2)9(11)3/h5-6,12H,4,7H2,1-3H3,(H,17,18,20,22). The smallest absolute Gasteiger partial charge is 0.264 e. The molecule has 0 saturated heterocycles. The summed E-state index contributed by atoms with van der Waals surface area (Å²) >= 11 is 0. The molecule has 0 bridgehead atoms. The third-order valence-electron chi connectivity index (χ3n) is 3.50. The van der Waals surface area contributed by atoms with Gasteiger partial charge in [-0.1, -0.05) is 18.1 Å². The maximum Gasteiger partial charge on any atom is 0.264 e. The van der Waals surface area contributed by atoms with E-state index in [1.807, 2.05) is 6.92 Å². The van der Waals surface area contributed by atoms with Crippen molar-refractivity contribution in [1.29, 1.82) is 0 Å². The number of carbonyl (C=O) groups excluding carboxylic acids is 1. The summed E-state index contributed by atoms with van der Waals surface area (Å²) in [6.45, 7) is 5.76. The molecule has 0 aliphatic heterocycles. The molecule has 0 saturated carbocycles. The van der Waals surface area contributed by atoms with Gasteiger partial charge < -0.3 is 0 Å². The maximum absolute atomic E-state index is 12.9. The van der Waals surface area contributed by atoms with Gasteiger partial charge in [-0.15, -0.1) is 0 Å². The van der Waals surface area contributed by atoms with Crippen LogP contribution in [0.3, 0.4) is 0 Å². The van der Waals surface area contributed by atoms with Crippen molar-refractivity contribution in [3.8, 4) is 0 Å². The number of tetrazole rings is 1. The number of hydrogen-bond donors (Lipinski definition) is 1. The molecule has 1 aromatic heterocycles. The number of halogens is 2. The van der Waals surface area contributed by atoms with E-state index >= 15 is 0 Å². The third-order valence-corrected chi connectivity index (χ3v) is 3.50. The molecule has 0 spiro atoms. The second-order valence-electron chi connectivity index (χ2n) is 4.93. The lowest BCUT2D eigenvalue weighted by atomic mass is 9.98.